The SMILES string of the molecule is CCCCCCCC/C=C\CCCCCCCC(=O)OCC(COC(=O)CCCN(CCC)CCC)OC(=O)CCCCCCC/C=C\CCCCCCCC. The number of carbonyl (C=O) groups excluding carboxylic acids is 3. The topological polar surface area (TPSA) is 82.1 Å². The predicted octanol–water partition coefficient (Wildman–Crippen LogP) is 14.0. The summed E-state index contributed by atoms with van der Waals surface area (Å²) >= 11 is 0. The second-order valence-electron chi connectivity index (χ2n) is 16.1. The molecule has 0 amide bonds. The molecule has 0 aliphatic rings. The molecule has 0 saturated carbocycles. The van der Waals surface area contributed by atoms with Crippen molar-refractivity contribution >= 4 is 17.9 Å². The molecule has 0 spiro atoms. The lowest BCUT2D eigenvalue weighted by molar-refractivity contribution is -0.167. The van der Waals surface area contributed by atoms with Gasteiger partial charge in [-0.3, -0.25) is 14.4 Å². The smallest absolute Gasteiger partial charge is 0.306 e. The fourth-order valence-electron chi connectivity index (χ4n) is 6.97. The molecule has 0 bridgehead atoms. The maximum absolute atomic E-state index is 12.8. The highest BCUT2D eigenvalue weighted by Gasteiger charge is 2.19. The van der Waals surface area contributed by atoms with Crippen molar-refractivity contribution in [2.45, 2.75) is 239 Å². The van der Waals surface area contributed by atoms with Crippen LogP contribution < -0.4 is 0 Å². The maximum atomic E-state index is 12.8. The second kappa shape index (κ2) is 44.0. The Morgan fingerprint density at radius 1 is 0.393 bits per heavy atom. The second-order valence-corrected chi connectivity index (χ2v) is 16.1. The Labute approximate surface area is 346 Å². The Morgan fingerprint density at radius 3 is 1.12 bits per heavy atom. The van der Waals surface area contributed by atoms with Crippen LogP contribution in [0, 0.1) is 0 Å². The minimum absolute atomic E-state index is 0.0872. The molecule has 7 heteroatoms. The van der Waals surface area contributed by atoms with Gasteiger partial charge in [0.25, 0.3) is 0 Å². The third-order valence-corrected chi connectivity index (χ3v) is 10.4. The Bertz CT molecular complexity index is 928. The largest absolute Gasteiger partial charge is 0.462 e. The summed E-state index contributed by atoms with van der Waals surface area (Å²) in [6, 6.07) is 0. The van der Waals surface area contributed by atoms with E-state index in [1.165, 1.54) is 109 Å². The average Bonchev–Trinajstić information content (AvgIpc) is 3.19. The molecule has 0 aromatic carbocycles. The minimum Gasteiger partial charge on any atom is -0.462 e. The summed E-state index contributed by atoms with van der Waals surface area (Å²) in [7, 11) is 0. The van der Waals surface area contributed by atoms with E-state index >= 15 is 0 Å². The first kappa shape index (κ1) is 53.9. The first-order valence-electron chi connectivity index (χ1n) is 24.0. The van der Waals surface area contributed by atoms with Crippen LogP contribution in [-0.4, -0.2) is 61.8 Å². The van der Waals surface area contributed by atoms with Crippen molar-refractivity contribution in [3.05, 3.63) is 24.3 Å². The maximum Gasteiger partial charge on any atom is 0.306 e. The normalized spacial score (nSPS) is 12.2. The lowest BCUT2D eigenvalue weighted by Crippen LogP contribution is -2.31. The monoisotopic (exact) mass is 790 g/mol. The van der Waals surface area contributed by atoms with Gasteiger partial charge in [-0.15, -0.1) is 0 Å². The standard InChI is InChI=1S/C49H91NO6/c1-5-9-11-13-15-17-19-21-23-25-27-29-31-33-35-38-47(51)54-44-46(45-55-48(52)40-37-43-50(41-7-3)42-8-4)56-49(53)39-36-34-32-30-28-26-24-22-20-18-16-14-12-10-6-2/h21-24,46H,5-20,25-45H2,1-4H3/b23-21-,24-22-. The number of carbonyl (C=O) groups is 3. The molecule has 0 rings (SSSR count). The summed E-state index contributed by atoms with van der Waals surface area (Å²) in [4.78, 5) is 40.3. The van der Waals surface area contributed by atoms with Crippen LogP contribution in [0.15, 0.2) is 24.3 Å². The van der Waals surface area contributed by atoms with Gasteiger partial charge in [0, 0.05) is 19.3 Å². The van der Waals surface area contributed by atoms with Crippen LogP contribution in [0.3, 0.4) is 0 Å². The highest BCUT2D eigenvalue weighted by atomic mass is 16.6. The molecule has 0 heterocycles. The van der Waals surface area contributed by atoms with Crippen molar-refractivity contribution in [3.63, 3.8) is 0 Å². The van der Waals surface area contributed by atoms with Crippen LogP contribution in [0.25, 0.3) is 0 Å². The Balaban J connectivity index is 4.41. The van der Waals surface area contributed by atoms with E-state index in [1.807, 2.05) is 0 Å². The van der Waals surface area contributed by atoms with Crippen molar-refractivity contribution in [2.75, 3.05) is 32.8 Å². The molecular weight excluding hydrogens is 699 g/mol. The van der Waals surface area contributed by atoms with Crippen molar-refractivity contribution < 1.29 is 28.6 Å². The number of hydrogen-bond acceptors (Lipinski definition) is 7. The third-order valence-electron chi connectivity index (χ3n) is 10.4. The van der Waals surface area contributed by atoms with Crippen LogP contribution in [0.4, 0.5) is 0 Å². The molecule has 328 valence electrons. The molecule has 1 atom stereocenters. The number of esters is 3. The average molecular weight is 790 g/mol. The van der Waals surface area contributed by atoms with E-state index in [0.717, 1.165) is 96.7 Å². The van der Waals surface area contributed by atoms with Gasteiger partial charge in [-0.1, -0.05) is 155 Å². The van der Waals surface area contributed by atoms with Gasteiger partial charge in [0.1, 0.15) is 13.2 Å². The van der Waals surface area contributed by atoms with E-state index < -0.39 is 6.10 Å². The van der Waals surface area contributed by atoms with E-state index in [-0.39, 0.29) is 31.1 Å². The molecule has 0 aromatic rings. The van der Waals surface area contributed by atoms with Crippen molar-refractivity contribution in [3.8, 4) is 0 Å². The highest BCUT2D eigenvalue weighted by Crippen LogP contribution is 2.13. The number of hydrogen-bond donors (Lipinski definition) is 0. The van der Waals surface area contributed by atoms with Crippen LogP contribution in [-0.2, 0) is 28.6 Å². The molecule has 0 radical (unpaired) electrons. The lowest BCUT2D eigenvalue weighted by Gasteiger charge is -2.21. The first-order valence-corrected chi connectivity index (χ1v) is 24.0. The van der Waals surface area contributed by atoms with Gasteiger partial charge in [0.15, 0.2) is 6.10 Å². The van der Waals surface area contributed by atoms with Gasteiger partial charge in [0.05, 0.1) is 0 Å². The van der Waals surface area contributed by atoms with Gasteiger partial charge in [-0.25, -0.2) is 0 Å². The molecule has 1 unspecified atom stereocenters. The number of unbranched alkanes of at least 4 members (excludes halogenated alkanes) is 22. The summed E-state index contributed by atoms with van der Waals surface area (Å²) < 4.78 is 16.7. The Hall–Kier alpha value is -2.15. The fourth-order valence-corrected chi connectivity index (χ4v) is 6.97. The first-order chi connectivity index (χ1) is 27.5. The molecule has 0 aliphatic heterocycles. The Morgan fingerprint density at radius 2 is 0.732 bits per heavy atom. The molecule has 0 aliphatic carbocycles. The minimum atomic E-state index is -0.788. The molecule has 0 fully saturated rings. The zero-order valence-electron chi connectivity index (χ0n) is 37.4. The molecule has 0 aromatic heterocycles. The summed E-state index contributed by atoms with van der Waals surface area (Å²) in [6.45, 7) is 11.6. The van der Waals surface area contributed by atoms with E-state index in [0.29, 0.717) is 19.3 Å². The molecule has 7 nitrogen and oxygen atoms in total. The van der Waals surface area contributed by atoms with Crippen LogP contribution in [0.1, 0.15) is 233 Å². The van der Waals surface area contributed by atoms with Crippen molar-refractivity contribution in [1.82, 2.24) is 4.90 Å². The summed E-state index contributed by atoms with van der Waals surface area (Å²) in [5.41, 5.74) is 0. The molecule has 0 N–H and O–H groups in total. The quantitative estimate of drug-likeness (QED) is 0.0263. The van der Waals surface area contributed by atoms with Crippen LogP contribution in [0.2, 0.25) is 0 Å². The zero-order valence-corrected chi connectivity index (χ0v) is 37.4. The van der Waals surface area contributed by atoms with E-state index in [9.17, 15) is 14.4 Å². The Kier molecular flexibility index (Phi) is 42.3. The number of ether oxygens (including phenoxy) is 3. The molecule has 0 saturated heterocycles. The summed E-state index contributed by atoms with van der Waals surface area (Å²) in [5.74, 6) is -0.929. The lowest BCUT2D eigenvalue weighted by atomic mass is 10.1. The number of allylic oxidation sites excluding steroid dienone is 4. The van der Waals surface area contributed by atoms with Gasteiger partial charge in [-0.2, -0.15) is 0 Å². The number of nitrogens with zero attached hydrogens (tertiary/aromatic N) is 1. The van der Waals surface area contributed by atoms with Crippen LogP contribution in [0.5, 0.6) is 0 Å². The van der Waals surface area contributed by atoms with Gasteiger partial charge in [0.2, 0.25) is 0 Å². The van der Waals surface area contributed by atoms with Crippen LogP contribution >= 0.6 is 0 Å². The van der Waals surface area contributed by atoms with E-state index in [2.05, 4.69) is 56.9 Å². The third kappa shape index (κ3) is 40.1. The molecular formula is C49H91NO6. The molecule has 56 heavy (non-hydrogen) atoms. The number of rotatable bonds is 43. The zero-order chi connectivity index (χ0) is 41.0. The fraction of sp³-hybridized carbons (Fsp3) is 0.857. The summed E-state index contributed by atoms with van der Waals surface area (Å²) in [5, 5.41) is 0. The van der Waals surface area contributed by atoms with Crippen molar-refractivity contribution in [2.24, 2.45) is 0 Å². The van der Waals surface area contributed by atoms with E-state index in [4.69, 9.17) is 14.2 Å². The van der Waals surface area contributed by atoms with Gasteiger partial charge in [-0.05, 0) is 103 Å². The van der Waals surface area contributed by atoms with Gasteiger partial charge < -0.3 is 19.1 Å². The summed E-state index contributed by atoms with van der Waals surface area (Å²) in [6.07, 6.45) is 43.7. The predicted molar refractivity (Wildman–Crippen MR) is 237 cm³/mol. The van der Waals surface area contributed by atoms with Crippen molar-refractivity contribution in [1.29, 1.82) is 0 Å². The van der Waals surface area contributed by atoms with Gasteiger partial charge >= 0.3 is 17.9 Å². The van der Waals surface area contributed by atoms with E-state index in [1.54, 1.807) is 0 Å². The highest BCUT2D eigenvalue weighted by molar-refractivity contribution is 5.71.